The van der Waals surface area contributed by atoms with Crippen molar-refractivity contribution in [3.63, 3.8) is 0 Å². The first kappa shape index (κ1) is 11.1. The van der Waals surface area contributed by atoms with Crippen LogP contribution in [-0.2, 0) is 9.53 Å². The molecule has 1 fully saturated rings. The summed E-state index contributed by atoms with van der Waals surface area (Å²) in [7, 11) is 0. The second kappa shape index (κ2) is 4.64. The Kier molecular flexibility index (Phi) is 3.22. The molecule has 2 rings (SSSR count). The number of carbonyl (C=O) groups excluding carboxylic acids is 1. The molecule has 1 aliphatic carbocycles. The first-order chi connectivity index (χ1) is 7.70. The average Bonchev–Trinajstić information content (AvgIpc) is 2.19. The Morgan fingerprint density at radius 3 is 2.56 bits per heavy atom. The number of carbonyl (C=O) groups is 1. The molecule has 3 heteroatoms. The highest BCUT2D eigenvalue weighted by Crippen LogP contribution is 2.42. The SMILES string of the molecule is CCOC(=O)[C@H]1C[C@@H](c2ccc(F)cc2)C1. The van der Waals surface area contributed by atoms with Crippen LogP contribution in [0.3, 0.4) is 0 Å². The van der Waals surface area contributed by atoms with Crippen LogP contribution < -0.4 is 0 Å². The molecule has 16 heavy (non-hydrogen) atoms. The Bertz CT molecular complexity index is 366. The number of hydrogen-bond acceptors (Lipinski definition) is 2. The van der Waals surface area contributed by atoms with Crippen molar-refractivity contribution in [3.8, 4) is 0 Å². The summed E-state index contributed by atoms with van der Waals surface area (Å²) in [5, 5.41) is 0. The van der Waals surface area contributed by atoms with Gasteiger partial charge in [0.15, 0.2) is 0 Å². The van der Waals surface area contributed by atoms with Gasteiger partial charge < -0.3 is 4.74 Å². The number of benzene rings is 1. The third-order valence-electron chi connectivity index (χ3n) is 3.10. The van der Waals surface area contributed by atoms with Crippen molar-refractivity contribution in [3.05, 3.63) is 35.6 Å². The molecule has 1 saturated carbocycles. The van der Waals surface area contributed by atoms with E-state index in [4.69, 9.17) is 4.74 Å². The molecule has 0 amide bonds. The summed E-state index contributed by atoms with van der Waals surface area (Å²) in [6, 6.07) is 6.52. The van der Waals surface area contributed by atoms with E-state index in [-0.39, 0.29) is 17.7 Å². The quantitative estimate of drug-likeness (QED) is 0.735. The lowest BCUT2D eigenvalue weighted by Crippen LogP contribution is -2.30. The Labute approximate surface area is 94.4 Å². The third kappa shape index (κ3) is 2.23. The second-order valence-electron chi connectivity index (χ2n) is 4.17. The fourth-order valence-corrected chi connectivity index (χ4v) is 2.08. The van der Waals surface area contributed by atoms with Crippen molar-refractivity contribution < 1.29 is 13.9 Å². The zero-order valence-electron chi connectivity index (χ0n) is 9.28. The molecule has 1 aromatic rings. The van der Waals surface area contributed by atoms with E-state index in [0.717, 1.165) is 18.4 Å². The van der Waals surface area contributed by atoms with E-state index in [1.165, 1.54) is 12.1 Å². The number of esters is 1. The minimum absolute atomic E-state index is 0.0370. The van der Waals surface area contributed by atoms with Crippen LogP contribution >= 0.6 is 0 Å². The zero-order chi connectivity index (χ0) is 11.5. The monoisotopic (exact) mass is 222 g/mol. The standard InChI is InChI=1S/C13H15FO2/c1-2-16-13(15)11-7-10(8-11)9-3-5-12(14)6-4-9/h3-6,10-11H,2,7-8H2,1H3/t10-,11+. The molecule has 2 nitrogen and oxygen atoms in total. The van der Waals surface area contributed by atoms with Gasteiger partial charge in [0, 0.05) is 0 Å². The summed E-state index contributed by atoms with van der Waals surface area (Å²) >= 11 is 0. The van der Waals surface area contributed by atoms with Gasteiger partial charge in [-0.25, -0.2) is 4.39 Å². The molecule has 86 valence electrons. The van der Waals surface area contributed by atoms with E-state index in [9.17, 15) is 9.18 Å². The van der Waals surface area contributed by atoms with Crippen LogP contribution in [0.2, 0.25) is 0 Å². The predicted octanol–water partition coefficient (Wildman–Crippen LogP) is 2.88. The van der Waals surface area contributed by atoms with Gasteiger partial charge in [-0.2, -0.15) is 0 Å². The Morgan fingerprint density at radius 1 is 1.38 bits per heavy atom. The summed E-state index contributed by atoms with van der Waals surface area (Å²) in [5.74, 6) is 0.107. The van der Waals surface area contributed by atoms with Gasteiger partial charge in [0.1, 0.15) is 5.82 Å². The van der Waals surface area contributed by atoms with Gasteiger partial charge in [0.2, 0.25) is 0 Å². The molecular weight excluding hydrogens is 207 g/mol. The molecule has 0 radical (unpaired) electrons. The second-order valence-corrected chi connectivity index (χ2v) is 4.17. The molecule has 0 atom stereocenters. The van der Waals surface area contributed by atoms with Gasteiger partial charge in [-0.15, -0.1) is 0 Å². The van der Waals surface area contributed by atoms with Crippen LogP contribution in [0.25, 0.3) is 0 Å². The summed E-state index contributed by atoms with van der Waals surface area (Å²) < 4.78 is 17.7. The highest BCUT2D eigenvalue weighted by atomic mass is 19.1. The lowest BCUT2D eigenvalue weighted by molar-refractivity contribution is -0.151. The van der Waals surface area contributed by atoms with Gasteiger partial charge in [-0.1, -0.05) is 12.1 Å². The van der Waals surface area contributed by atoms with Crippen molar-refractivity contribution in [1.29, 1.82) is 0 Å². The molecule has 0 heterocycles. The minimum atomic E-state index is -0.218. The molecule has 0 N–H and O–H groups in total. The molecule has 0 spiro atoms. The summed E-state index contributed by atoms with van der Waals surface area (Å²) in [4.78, 5) is 11.4. The molecule has 0 saturated heterocycles. The fraction of sp³-hybridized carbons (Fsp3) is 0.462. The van der Waals surface area contributed by atoms with E-state index < -0.39 is 0 Å². The molecular formula is C13H15FO2. The normalized spacial score (nSPS) is 23.6. The highest BCUT2D eigenvalue weighted by Gasteiger charge is 2.36. The summed E-state index contributed by atoms with van der Waals surface area (Å²) in [5.41, 5.74) is 1.11. The Balaban J connectivity index is 1.88. The van der Waals surface area contributed by atoms with Crippen LogP contribution in [0, 0.1) is 11.7 Å². The van der Waals surface area contributed by atoms with Crippen LogP contribution in [0.1, 0.15) is 31.2 Å². The number of ether oxygens (including phenoxy) is 1. The maximum Gasteiger partial charge on any atom is 0.308 e. The van der Waals surface area contributed by atoms with E-state index in [1.54, 1.807) is 12.1 Å². The van der Waals surface area contributed by atoms with E-state index in [2.05, 4.69) is 0 Å². The molecule has 1 aliphatic rings. The van der Waals surface area contributed by atoms with E-state index in [1.807, 2.05) is 6.92 Å². The maximum absolute atomic E-state index is 12.7. The van der Waals surface area contributed by atoms with Crippen molar-refractivity contribution in [2.24, 2.45) is 5.92 Å². The zero-order valence-corrected chi connectivity index (χ0v) is 9.28. The van der Waals surface area contributed by atoms with Gasteiger partial charge in [-0.05, 0) is 43.4 Å². The lowest BCUT2D eigenvalue weighted by atomic mass is 9.71. The Hall–Kier alpha value is -1.38. The number of rotatable bonds is 3. The predicted molar refractivity (Wildman–Crippen MR) is 58.5 cm³/mol. The van der Waals surface area contributed by atoms with Crippen LogP contribution in [0.15, 0.2) is 24.3 Å². The largest absolute Gasteiger partial charge is 0.466 e. The van der Waals surface area contributed by atoms with Crippen LogP contribution in [-0.4, -0.2) is 12.6 Å². The van der Waals surface area contributed by atoms with Crippen LogP contribution in [0.5, 0.6) is 0 Å². The van der Waals surface area contributed by atoms with Gasteiger partial charge in [-0.3, -0.25) is 4.79 Å². The third-order valence-corrected chi connectivity index (χ3v) is 3.10. The number of hydrogen-bond donors (Lipinski definition) is 0. The number of halogens is 1. The topological polar surface area (TPSA) is 26.3 Å². The van der Waals surface area contributed by atoms with Crippen molar-refractivity contribution in [2.45, 2.75) is 25.7 Å². The molecule has 0 aromatic heterocycles. The summed E-state index contributed by atoms with van der Waals surface area (Å²) in [6.07, 6.45) is 1.65. The minimum Gasteiger partial charge on any atom is -0.466 e. The Morgan fingerprint density at radius 2 is 2.00 bits per heavy atom. The van der Waals surface area contributed by atoms with Crippen LogP contribution in [0.4, 0.5) is 4.39 Å². The van der Waals surface area contributed by atoms with Gasteiger partial charge in [0.05, 0.1) is 12.5 Å². The maximum atomic E-state index is 12.7. The van der Waals surface area contributed by atoms with E-state index >= 15 is 0 Å². The highest BCUT2D eigenvalue weighted by molar-refractivity contribution is 5.73. The summed E-state index contributed by atoms with van der Waals surface area (Å²) in [6.45, 7) is 2.25. The first-order valence-electron chi connectivity index (χ1n) is 5.62. The van der Waals surface area contributed by atoms with Gasteiger partial charge in [0.25, 0.3) is 0 Å². The molecule has 0 unspecified atom stereocenters. The lowest BCUT2D eigenvalue weighted by Gasteiger charge is -2.33. The van der Waals surface area contributed by atoms with Gasteiger partial charge >= 0.3 is 5.97 Å². The van der Waals surface area contributed by atoms with Crippen molar-refractivity contribution in [2.75, 3.05) is 6.61 Å². The average molecular weight is 222 g/mol. The molecule has 1 aromatic carbocycles. The smallest absolute Gasteiger partial charge is 0.308 e. The molecule has 0 bridgehead atoms. The van der Waals surface area contributed by atoms with Crippen molar-refractivity contribution in [1.82, 2.24) is 0 Å². The van der Waals surface area contributed by atoms with Crippen molar-refractivity contribution >= 4 is 5.97 Å². The van der Waals surface area contributed by atoms with E-state index in [0.29, 0.717) is 12.5 Å². The fourth-order valence-electron chi connectivity index (χ4n) is 2.08. The first-order valence-corrected chi connectivity index (χ1v) is 5.62. The molecule has 0 aliphatic heterocycles.